The van der Waals surface area contributed by atoms with E-state index in [4.69, 9.17) is 16.7 Å². The van der Waals surface area contributed by atoms with E-state index in [1.54, 1.807) is 0 Å². The smallest absolute Gasteiger partial charge is 0.0431 e. The maximum absolute atomic E-state index is 8.56. The monoisotopic (exact) mass is 206 g/mol. The molecule has 0 bridgehead atoms. The second-order valence-corrected chi connectivity index (χ2v) is 5.34. The van der Waals surface area contributed by atoms with Crippen molar-refractivity contribution in [3.05, 3.63) is 0 Å². The molecule has 13 heavy (non-hydrogen) atoms. The fourth-order valence-corrected chi connectivity index (χ4v) is 1.50. The van der Waals surface area contributed by atoms with Crippen molar-refractivity contribution in [2.75, 3.05) is 6.61 Å². The SMILES string of the molecule is CC(C)(Cl)CCCCCCCCO. The third-order valence-electron chi connectivity index (χ3n) is 2.18. The third-order valence-corrected chi connectivity index (χ3v) is 2.37. The second-order valence-electron chi connectivity index (χ2n) is 4.31. The topological polar surface area (TPSA) is 20.2 Å². The molecule has 0 radical (unpaired) electrons. The molecule has 2 heteroatoms. The van der Waals surface area contributed by atoms with E-state index in [0.717, 1.165) is 12.8 Å². The molecule has 0 saturated carbocycles. The standard InChI is InChI=1S/C11H23ClO/c1-11(2,12)9-7-5-3-4-6-8-10-13/h13H,3-10H2,1-2H3. The minimum Gasteiger partial charge on any atom is -0.396 e. The van der Waals surface area contributed by atoms with Crippen LogP contribution in [0.15, 0.2) is 0 Å². The van der Waals surface area contributed by atoms with E-state index in [1.807, 2.05) is 0 Å². The predicted molar refractivity (Wildman–Crippen MR) is 59.3 cm³/mol. The molecular formula is C11H23ClO. The van der Waals surface area contributed by atoms with E-state index >= 15 is 0 Å². The summed E-state index contributed by atoms with van der Waals surface area (Å²) in [5.74, 6) is 0. The summed E-state index contributed by atoms with van der Waals surface area (Å²) in [4.78, 5) is -0.0227. The molecule has 0 aromatic carbocycles. The van der Waals surface area contributed by atoms with Crippen LogP contribution in [-0.4, -0.2) is 16.6 Å². The molecule has 0 saturated heterocycles. The molecule has 80 valence electrons. The molecule has 0 atom stereocenters. The predicted octanol–water partition coefficient (Wildman–Crippen LogP) is 3.73. The Labute approximate surface area is 87.5 Å². The van der Waals surface area contributed by atoms with Gasteiger partial charge in [0, 0.05) is 11.5 Å². The van der Waals surface area contributed by atoms with Crippen LogP contribution < -0.4 is 0 Å². The Morgan fingerprint density at radius 1 is 0.923 bits per heavy atom. The Kier molecular flexibility index (Phi) is 7.78. The molecule has 0 aliphatic carbocycles. The molecule has 0 fully saturated rings. The molecule has 0 rings (SSSR count). The highest BCUT2D eigenvalue weighted by Gasteiger charge is 2.11. The van der Waals surface area contributed by atoms with E-state index < -0.39 is 0 Å². The number of hydrogen-bond acceptors (Lipinski definition) is 1. The molecule has 0 amide bonds. The number of halogens is 1. The average molecular weight is 207 g/mol. The van der Waals surface area contributed by atoms with Gasteiger partial charge < -0.3 is 5.11 Å². The van der Waals surface area contributed by atoms with Gasteiger partial charge in [0.15, 0.2) is 0 Å². The molecular weight excluding hydrogens is 184 g/mol. The van der Waals surface area contributed by atoms with Crippen molar-refractivity contribution < 1.29 is 5.11 Å². The van der Waals surface area contributed by atoms with Gasteiger partial charge in [-0.05, 0) is 26.7 Å². The van der Waals surface area contributed by atoms with Crippen molar-refractivity contribution >= 4 is 11.6 Å². The molecule has 0 heterocycles. The van der Waals surface area contributed by atoms with Crippen molar-refractivity contribution in [1.29, 1.82) is 0 Å². The van der Waals surface area contributed by atoms with Gasteiger partial charge in [-0.15, -0.1) is 11.6 Å². The van der Waals surface area contributed by atoms with Gasteiger partial charge in [0.05, 0.1) is 0 Å². The zero-order valence-electron chi connectivity index (χ0n) is 8.98. The zero-order chi connectivity index (χ0) is 10.2. The molecule has 0 aromatic heterocycles. The first-order valence-electron chi connectivity index (χ1n) is 5.36. The largest absolute Gasteiger partial charge is 0.396 e. The van der Waals surface area contributed by atoms with Gasteiger partial charge in [0.2, 0.25) is 0 Å². The maximum atomic E-state index is 8.56. The van der Waals surface area contributed by atoms with E-state index in [2.05, 4.69) is 13.8 Å². The normalized spacial score (nSPS) is 12.0. The lowest BCUT2D eigenvalue weighted by Crippen LogP contribution is -2.08. The van der Waals surface area contributed by atoms with Crippen LogP contribution in [0.25, 0.3) is 0 Å². The van der Waals surface area contributed by atoms with Crippen molar-refractivity contribution in [1.82, 2.24) is 0 Å². The van der Waals surface area contributed by atoms with Gasteiger partial charge in [-0.2, -0.15) is 0 Å². The number of alkyl halides is 1. The van der Waals surface area contributed by atoms with Crippen LogP contribution in [-0.2, 0) is 0 Å². The summed E-state index contributed by atoms with van der Waals surface area (Å²) in [6.07, 6.45) is 8.28. The van der Waals surface area contributed by atoms with Crippen LogP contribution >= 0.6 is 11.6 Å². The summed E-state index contributed by atoms with van der Waals surface area (Å²) in [7, 11) is 0. The van der Waals surface area contributed by atoms with Crippen molar-refractivity contribution in [2.45, 2.75) is 63.7 Å². The van der Waals surface area contributed by atoms with Gasteiger partial charge in [0.1, 0.15) is 0 Å². The minimum absolute atomic E-state index is 0.0227. The minimum atomic E-state index is -0.0227. The van der Waals surface area contributed by atoms with Gasteiger partial charge >= 0.3 is 0 Å². The van der Waals surface area contributed by atoms with Crippen LogP contribution in [0.5, 0.6) is 0 Å². The lowest BCUT2D eigenvalue weighted by atomic mass is 10.0. The Morgan fingerprint density at radius 3 is 1.85 bits per heavy atom. The lowest BCUT2D eigenvalue weighted by molar-refractivity contribution is 0.282. The van der Waals surface area contributed by atoms with Gasteiger partial charge in [-0.25, -0.2) is 0 Å². The van der Waals surface area contributed by atoms with Gasteiger partial charge in [-0.3, -0.25) is 0 Å². The van der Waals surface area contributed by atoms with Crippen LogP contribution in [0.1, 0.15) is 58.8 Å². The third kappa shape index (κ3) is 12.2. The Balaban J connectivity index is 3.00. The first kappa shape index (κ1) is 13.2. The summed E-state index contributed by atoms with van der Waals surface area (Å²) in [5, 5.41) is 8.56. The molecule has 0 spiro atoms. The summed E-state index contributed by atoms with van der Waals surface area (Å²) in [6, 6.07) is 0. The number of aliphatic hydroxyl groups excluding tert-OH is 1. The summed E-state index contributed by atoms with van der Waals surface area (Å²) in [5.41, 5.74) is 0. The number of rotatable bonds is 8. The average Bonchev–Trinajstić information content (AvgIpc) is 2.01. The van der Waals surface area contributed by atoms with E-state index in [1.165, 1.54) is 32.1 Å². The highest BCUT2D eigenvalue weighted by molar-refractivity contribution is 6.23. The van der Waals surface area contributed by atoms with E-state index in [9.17, 15) is 0 Å². The Bertz CT molecular complexity index is 107. The summed E-state index contributed by atoms with van der Waals surface area (Å²) < 4.78 is 0. The van der Waals surface area contributed by atoms with Gasteiger partial charge in [0.25, 0.3) is 0 Å². The molecule has 0 aromatic rings. The summed E-state index contributed by atoms with van der Waals surface area (Å²) in [6.45, 7) is 4.48. The van der Waals surface area contributed by atoms with Crippen molar-refractivity contribution in [3.8, 4) is 0 Å². The van der Waals surface area contributed by atoms with Crippen LogP contribution in [0, 0.1) is 0 Å². The van der Waals surface area contributed by atoms with Crippen molar-refractivity contribution in [2.24, 2.45) is 0 Å². The van der Waals surface area contributed by atoms with Gasteiger partial charge in [-0.1, -0.05) is 32.1 Å². The Hall–Kier alpha value is 0.250. The maximum Gasteiger partial charge on any atom is 0.0431 e. The molecule has 1 N–H and O–H groups in total. The highest BCUT2D eigenvalue weighted by Crippen LogP contribution is 2.21. The fourth-order valence-electron chi connectivity index (χ4n) is 1.36. The lowest BCUT2D eigenvalue weighted by Gasteiger charge is -2.14. The van der Waals surface area contributed by atoms with Crippen LogP contribution in [0.2, 0.25) is 0 Å². The summed E-state index contributed by atoms with van der Waals surface area (Å²) >= 11 is 6.06. The fraction of sp³-hybridized carbons (Fsp3) is 1.00. The number of unbranched alkanes of at least 4 members (excludes halogenated alkanes) is 5. The van der Waals surface area contributed by atoms with Crippen molar-refractivity contribution in [3.63, 3.8) is 0 Å². The molecule has 0 unspecified atom stereocenters. The van der Waals surface area contributed by atoms with E-state index in [-0.39, 0.29) is 4.87 Å². The zero-order valence-corrected chi connectivity index (χ0v) is 9.74. The van der Waals surface area contributed by atoms with Crippen LogP contribution in [0.4, 0.5) is 0 Å². The van der Waals surface area contributed by atoms with E-state index in [0.29, 0.717) is 6.61 Å². The molecule has 0 aliphatic rings. The molecule has 1 nitrogen and oxygen atoms in total. The Morgan fingerprint density at radius 2 is 1.38 bits per heavy atom. The van der Waals surface area contributed by atoms with Crippen LogP contribution in [0.3, 0.4) is 0 Å². The highest BCUT2D eigenvalue weighted by atomic mass is 35.5. The number of aliphatic hydroxyl groups is 1. The quantitative estimate of drug-likeness (QED) is 0.474. The second kappa shape index (κ2) is 7.64. The first-order chi connectivity index (χ1) is 6.06. The first-order valence-corrected chi connectivity index (χ1v) is 5.74. The number of hydrogen-bond donors (Lipinski definition) is 1. The molecule has 0 aliphatic heterocycles.